The molecule has 1 saturated heterocycles. The van der Waals surface area contributed by atoms with Crippen LogP contribution < -0.4 is 4.74 Å². The molecule has 3 rings (SSSR count). The standard InChI is InChI=1S/C26H23Cl4N3O10S/c1-15(2)20(24(36)42-12-16-8-10-17(11-9-16)33(38)39)32-22(35)21(23(32)44(30)40)31(25(37)43-14-26(27,28)29)19(34)13-41-18-6-4-3-5-7-18/h3-11,20-21,23H,1,12-14H2,2H3. The van der Waals surface area contributed by atoms with E-state index in [-0.39, 0.29) is 23.6 Å². The molecule has 0 aliphatic carbocycles. The molecule has 1 heterocycles. The van der Waals surface area contributed by atoms with Gasteiger partial charge >= 0.3 is 12.1 Å². The Hall–Kier alpha value is -3.43. The van der Waals surface area contributed by atoms with E-state index in [2.05, 4.69) is 6.58 Å². The van der Waals surface area contributed by atoms with E-state index < -0.39 is 73.3 Å². The number of nitro groups is 1. The average molecular weight is 711 g/mol. The summed E-state index contributed by atoms with van der Waals surface area (Å²) in [6, 6.07) is 9.83. The minimum atomic E-state index is -2.48. The Kier molecular flexibility index (Phi) is 12.0. The van der Waals surface area contributed by atoms with Crippen molar-refractivity contribution in [3.05, 3.63) is 82.4 Å². The highest BCUT2D eigenvalue weighted by atomic mass is 35.7. The van der Waals surface area contributed by atoms with Crippen LogP contribution in [0, 0.1) is 10.1 Å². The summed E-state index contributed by atoms with van der Waals surface area (Å²) in [6.45, 7) is 3.17. The fourth-order valence-corrected chi connectivity index (χ4v) is 5.55. The van der Waals surface area contributed by atoms with Gasteiger partial charge < -0.3 is 19.1 Å². The van der Waals surface area contributed by atoms with Crippen molar-refractivity contribution in [2.75, 3.05) is 13.2 Å². The highest BCUT2D eigenvalue weighted by Crippen LogP contribution is 2.35. The topological polar surface area (TPSA) is 163 Å². The number of β-lactam (4-membered cyclic amide) rings is 1. The van der Waals surface area contributed by atoms with E-state index in [1.807, 2.05) is 0 Å². The number of benzene rings is 2. The van der Waals surface area contributed by atoms with E-state index in [1.54, 1.807) is 18.2 Å². The fourth-order valence-electron chi connectivity index (χ4n) is 3.99. The molecule has 4 unspecified atom stereocenters. The molecule has 2 aromatic carbocycles. The lowest BCUT2D eigenvalue weighted by atomic mass is 9.98. The van der Waals surface area contributed by atoms with Crippen LogP contribution >= 0.6 is 45.5 Å². The maximum atomic E-state index is 13.5. The number of amides is 3. The van der Waals surface area contributed by atoms with E-state index in [1.165, 1.54) is 43.3 Å². The number of esters is 1. The Morgan fingerprint density at radius 1 is 1.11 bits per heavy atom. The van der Waals surface area contributed by atoms with Gasteiger partial charge in [0.2, 0.25) is 3.79 Å². The Labute approximate surface area is 272 Å². The van der Waals surface area contributed by atoms with Crippen LogP contribution in [0.4, 0.5) is 10.5 Å². The molecule has 0 saturated carbocycles. The predicted octanol–water partition coefficient (Wildman–Crippen LogP) is 4.44. The van der Waals surface area contributed by atoms with Gasteiger partial charge in [0.15, 0.2) is 24.1 Å². The minimum Gasteiger partial charge on any atom is -0.484 e. The first-order valence-corrected chi connectivity index (χ1v) is 15.5. The monoisotopic (exact) mass is 709 g/mol. The molecule has 18 heteroatoms. The van der Waals surface area contributed by atoms with E-state index >= 15 is 0 Å². The van der Waals surface area contributed by atoms with Crippen LogP contribution in [0.15, 0.2) is 66.7 Å². The number of carbonyl (C=O) groups is 4. The molecule has 0 spiro atoms. The zero-order chi connectivity index (χ0) is 32.8. The van der Waals surface area contributed by atoms with Crippen molar-refractivity contribution in [1.82, 2.24) is 9.80 Å². The van der Waals surface area contributed by atoms with E-state index in [9.17, 15) is 33.5 Å². The van der Waals surface area contributed by atoms with Gasteiger partial charge in [-0.2, -0.15) is 0 Å². The van der Waals surface area contributed by atoms with Crippen molar-refractivity contribution in [3.8, 4) is 5.75 Å². The summed E-state index contributed by atoms with van der Waals surface area (Å²) in [5.41, 5.74) is 0.286. The third kappa shape index (κ3) is 8.82. The molecule has 0 aromatic heterocycles. The van der Waals surface area contributed by atoms with Gasteiger partial charge in [0, 0.05) is 12.1 Å². The summed E-state index contributed by atoms with van der Waals surface area (Å²) >= 11 is 17.0. The van der Waals surface area contributed by atoms with Crippen LogP contribution in [0.2, 0.25) is 0 Å². The molecule has 1 fully saturated rings. The van der Waals surface area contributed by atoms with Crippen molar-refractivity contribution in [3.63, 3.8) is 0 Å². The maximum absolute atomic E-state index is 13.5. The summed E-state index contributed by atoms with van der Waals surface area (Å²) in [7, 11) is 3.46. The summed E-state index contributed by atoms with van der Waals surface area (Å²) in [4.78, 5) is 64.3. The number of non-ortho nitro benzene ring substituents is 1. The molecule has 13 nitrogen and oxygen atoms in total. The number of carbonyl (C=O) groups excluding carboxylic acids is 4. The smallest absolute Gasteiger partial charge is 0.417 e. The number of alkyl halides is 3. The first-order chi connectivity index (χ1) is 20.6. The summed E-state index contributed by atoms with van der Waals surface area (Å²) < 4.78 is 26.3. The number of imide groups is 1. The van der Waals surface area contributed by atoms with Gasteiger partial charge in [-0.25, -0.2) is 18.7 Å². The molecule has 0 N–H and O–H groups in total. The van der Waals surface area contributed by atoms with Crippen LogP contribution in [0.1, 0.15) is 12.5 Å². The Balaban J connectivity index is 1.85. The van der Waals surface area contributed by atoms with E-state index in [0.717, 1.165) is 4.90 Å². The lowest BCUT2D eigenvalue weighted by Crippen LogP contribution is -2.76. The summed E-state index contributed by atoms with van der Waals surface area (Å²) in [5.74, 6) is -2.88. The van der Waals surface area contributed by atoms with Crippen molar-refractivity contribution >= 4 is 85.1 Å². The second-order valence-corrected chi connectivity index (χ2v) is 13.6. The quantitative estimate of drug-likeness (QED) is 0.0586. The van der Waals surface area contributed by atoms with E-state index in [4.69, 9.17) is 59.7 Å². The van der Waals surface area contributed by atoms with Crippen LogP contribution in [-0.4, -0.2) is 77.3 Å². The molecular weight excluding hydrogens is 688 g/mol. The third-order valence-electron chi connectivity index (χ3n) is 5.95. The van der Waals surface area contributed by atoms with Crippen LogP contribution in [0.25, 0.3) is 0 Å². The van der Waals surface area contributed by atoms with Crippen molar-refractivity contribution in [1.29, 1.82) is 0 Å². The highest BCUT2D eigenvalue weighted by Gasteiger charge is 2.60. The molecule has 2 aromatic rings. The number of halogens is 4. The van der Waals surface area contributed by atoms with Gasteiger partial charge in [-0.15, -0.1) is 0 Å². The number of nitrogens with zero attached hydrogens (tertiary/aromatic N) is 3. The zero-order valence-electron chi connectivity index (χ0n) is 22.6. The Bertz CT molecular complexity index is 1460. The number of rotatable bonds is 12. The number of nitro benzene ring substituents is 1. The molecule has 0 radical (unpaired) electrons. The second kappa shape index (κ2) is 15.0. The van der Waals surface area contributed by atoms with Gasteiger partial charge in [0.1, 0.15) is 29.0 Å². The number of ether oxygens (including phenoxy) is 3. The second-order valence-electron chi connectivity index (χ2n) is 9.14. The maximum Gasteiger partial charge on any atom is 0.417 e. The van der Waals surface area contributed by atoms with Gasteiger partial charge in [-0.3, -0.25) is 19.7 Å². The molecule has 3 amide bonds. The molecule has 0 bridgehead atoms. The first kappa shape index (κ1) is 35.1. The van der Waals surface area contributed by atoms with Gasteiger partial charge in [-0.05, 0) is 53.0 Å². The molecule has 236 valence electrons. The Morgan fingerprint density at radius 3 is 2.25 bits per heavy atom. The first-order valence-electron chi connectivity index (χ1n) is 12.3. The average Bonchev–Trinajstić information content (AvgIpc) is 2.96. The largest absolute Gasteiger partial charge is 0.484 e. The van der Waals surface area contributed by atoms with Crippen LogP contribution in [-0.2, 0) is 40.5 Å². The molecule has 4 atom stereocenters. The molecule has 44 heavy (non-hydrogen) atoms. The predicted molar refractivity (Wildman–Crippen MR) is 160 cm³/mol. The van der Waals surface area contributed by atoms with Crippen molar-refractivity contribution < 1.29 is 42.5 Å². The summed E-state index contributed by atoms with van der Waals surface area (Å²) in [5, 5.41) is 9.25. The molecule has 1 aliphatic rings. The highest BCUT2D eigenvalue weighted by molar-refractivity contribution is 8.08. The van der Waals surface area contributed by atoms with E-state index in [0.29, 0.717) is 10.5 Å². The van der Waals surface area contributed by atoms with Crippen LogP contribution in [0.5, 0.6) is 5.75 Å². The van der Waals surface area contributed by atoms with Crippen molar-refractivity contribution in [2.45, 2.75) is 34.8 Å². The third-order valence-corrected chi connectivity index (χ3v) is 7.69. The number of hydrogen-bond donors (Lipinski definition) is 0. The summed E-state index contributed by atoms with van der Waals surface area (Å²) in [6.07, 6.45) is -1.43. The number of para-hydroxylation sites is 1. The minimum absolute atomic E-state index is 0.0710. The fraction of sp³-hybridized carbons (Fsp3) is 0.308. The number of likely N-dealkylation sites (tertiary alicyclic amines) is 1. The normalized spacial score (nSPS) is 17.5. The van der Waals surface area contributed by atoms with Gasteiger partial charge in [-0.1, -0.05) is 59.6 Å². The molecular formula is C26H23Cl4N3O10S. The Morgan fingerprint density at radius 2 is 1.73 bits per heavy atom. The van der Waals surface area contributed by atoms with Crippen LogP contribution in [0.3, 0.4) is 0 Å². The van der Waals surface area contributed by atoms with Gasteiger partial charge in [0.05, 0.1) is 4.92 Å². The number of hydrogen-bond acceptors (Lipinski definition) is 10. The zero-order valence-corrected chi connectivity index (χ0v) is 26.4. The van der Waals surface area contributed by atoms with Gasteiger partial charge in [0.25, 0.3) is 17.5 Å². The lowest BCUT2D eigenvalue weighted by molar-refractivity contribution is -0.384. The lowest BCUT2D eigenvalue weighted by Gasteiger charge is -2.50. The van der Waals surface area contributed by atoms with Crippen molar-refractivity contribution in [2.24, 2.45) is 0 Å². The molecule has 1 aliphatic heterocycles. The SMILES string of the molecule is C=C(C)C(C(=O)OCc1ccc([N+](=O)[O-])cc1)N1C(=O)C(N(C(=O)COc2ccccc2)C(=O)OCC(Cl)(Cl)Cl)C1S(=O)Cl.